The lowest BCUT2D eigenvalue weighted by molar-refractivity contribution is -0.300. The van der Waals surface area contributed by atoms with Gasteiger partial charge >= 0.3 is 5.97 Å². The summed E-state index contributed by atoms with van der Waals surface area (Å²) in [5.41, 5.74) is -5.18. The van der Waals surface area contributed by atoms with Crippen molar-refractivity contribution in [1.82, 2.24) is 0 Å². The topological polar surface area (TPSA) is 134 Å². The summed E-state index contributed by atoms with van der Waals surface area (Å²) >= 11 is 0. The van der Waals surface area contributed by atoms with Crippen LogP contribution in [0.3, 0.4) is 0 Å². The highest BCUT2D eigenvalue weighted by Gasteiger charge is 2.58. The Bertz CT molecular complexity index is 676. The minimum absolute atomic E-state index is 0.165. The van der Waals surface area contributed by atoms with Crippen molar-refractivity contribution in [3.05, 3.63) is 11.6 Å². The van der Waals surface area contributed by atoms with E-state index in [0.29, 0.717) is 12.8 Å². The lowest BCUT2D eigenvalue weighted by Crippen LogP contribution is -2.60. The van der Waals surface area contributed by atoms with Gasteiger partial charge in [0.05, 0.1) is 6.10 Å². The van der Waals surface area contributed by atoms with Crippen LogP contribution in [0.15, 0.2) is 11.6 Å². The second-order valence-corrected chi connectivity index (χ2v) is 9.40. The number of aliphatic hydroxyl groups excluding tert-OH is 1. The molecule has 0 aromatic carbocycles. The van der Waals surface area contributed by atoms with Gasteiger partial charge in [0.1, 0.15) is 17.3 Å². The van der Waals surface area contributed by atoms with Crippen LogP contribution in [0.2, 0.25) is 0 Å². The van der Waals surface area contributed by atoms with Crippen molar-refractivity contribution in [1.29, 1.82) is 0 Å². The van der Waals surface area contributed by atoms with Crippen LogP contribution in [-0.2, 0) is 19.2 Å². The largest absolute Gasteiger partial charge is 0.457 e. The number of aliphatic hydroxyl groups is 3. The fourth-order valence-electron chi connectivity index (χ4n) is 4.29. The molecule has 160 valence electrons. The van der Waals surface area contributed by atoms with E-state index in [1.807, 2.05) is 6.92 Å². The van der Waals surface area contributed by atoms with Crippen molar-refractivity contribution in [2.24, 2.45) is 11.3 Å². The van der Waals surface area contributed by atoms with E-state index in [9.17, 15) is 30.2 Å². The Balaban J connectivity index is 2.39. The average molecular weight is 400 g/mol. The van der Waals surface area contributed by atoms with Crippen LogP contribution in [0.4, 0.5) is 0 Å². The molecule has 0 radical (unpaired) electrons. The SMILES string of the molecule is CC(O)C(C)(O)C(=O)OC1CCC2(C)CC(=O)C(C(C)(C)OO)=CC2C1(C)O. The van der Waals surface area contributed by atoms with Gasteiger partial charge in [-0.05, 0) is 52.9 Å². The molecule has 1 saturated carbocycles. The van der Waals surface area contributed by atoms with E-state index in [0.717, 1.165) is 6.92 Å². The van der Waals surface area contributed by atoms with Crippen LogP contribution >= 0.6 is 0 Å². The summed E-state index contributed by atoms with van der Waals surface area (Å²) in [5, 5.41) is 40.3. The first-order valence-electron chi connectivity index (χ1n) is 9.51. The summed E-state index contributed by atoms with van der Waals surface area (Å²) in [7, 11) is 0. The smallest absolute Gasteiger partial charge is 0.340 e. The molecular weight excluding hydrogens is 368 g/mol. The Morgan fingerprint density at radius 2 is 1.89 bits per heavy atom. The molecule has 0 saturated heterocycles. The van der Waals surface area contributed by atoms with Gasteiger partial charge in [-0.2, -0.15) is 0 Å². The summed E-state index contributed by atoms with van der Waals surface area (Å²) in [4.78, 5) is 29.5. The number of ketones is 1. The molecular formula is C20H32O8. The van der Waals surface area contributed by atoms with Gasteiger partial charge in [-0.25, -0.2) is 9.68 Å². The molecule has 2 aliphatic rings. The van der Waals surface area contributed by atoms with E-state index in [1.165, 1.54) is 13.8 Å². The quantitative estimate of drug-likeness (QED) is 0.309. The Morgan fingerprint density at radius 1 is 1.32 bits per heavy atom. The zero-order valence-electron chi connectivity index (χ0n) is 17.4. The molecule has 0 aromatic rings. The summed E-state index contributed by atoms with van der Waals surface area (Å²) in [6.45, 7) is 8.95. The molecule has 0 spiro atoms. The first-order chi connectivity index (χ1) is 12.6. The van der Waals surface area contributed by atoms with Crippen LogP contribution in [0.5, 0.6) is 0 Å². The van der Waals surface area contributed by atoms with Gasteiger partial charge in [0.15, 0.2) is 11.4 Å². The maximum absolute atomic E-state index is 12.6. The molecule has 6 atom stereocenters. The lowest BCUT2D eigenvalue weighted by Gasteiger charge is -2.54. The predicted octanol–water partition coefficient (Wildman–Crippen LogP) is 1.36. The maximum Gasteiger partial charge on any atom is 0.340 e. The number of Topliss-reactive ketones (excluding diaryl/α,β-unsaturated/α-hetero) is 1. The van der Waals surface area contributed by atoms with Crippen molar-refractivity contribution >= 4 is 11.8 Å². The summed E-state index contributed by atoms with van der Waals surface area (Å²) < 4.78 is 5.41. The van der Waals surface area contributed by atoms with Crippen LogP contribution in [0.25, 0.3) is 0 Å². The Labute approximate surface area is 165 Å². The second-order valence-electron chi connectivity index (χ2n) is 9.40. The molecule has 0 aliphatic heterocycles. The molecule has 4 N–H and O–H groups in total. The van der Waals surface area contributed by atoms with Crippen LogP contribution in [0, 0.1) is 11.3 Å². The molecule has 0 aromatic heterocycles. The Hall–Kier alpha value is -1.32. The first kappa shape index (κ1) is 23.0. The third-order valence-corrected chi connectivity index (χ3v) is 6.56. The first-order valence-corrected chi connectivity index (χ1v) is 9.51. The number of rotatable bonds is 5. The zero-order chi connectivity index (χ0) is 21.7. The van der Waals surface area contributed by atoms with Crippen LogP contribution in [0.1, 0.15) is 60.8 Å². The molecule has 0 heterocycles. The summed E-state index contributed by atoms with van der Waals surface area (Å²) in [6.07, 6.45) is 0.302. The van der Waals surface area contributed by atoms with Gasteiger partial charge in [0.2, 0.25) is 0 Å². The Kier molecular flexibility index (Phi) is 5.89. The van der Waals surface area contributed by atoms with E-state index in [-0.39, 0.29) is 17.8 Å². The van der Waals surface area contributed by atoms with Crippen molar-refractivity contribution in [2.45, 2.75) is 89.8 Å². The zero-order valence-corrected chi connectivity index (χ0v) is 17.4. The molecule has 2 aliphatic carbocycles. The van der Waals surface area contributed by atoms with Crippen molar-refractivity contribution in [3.63, 3.8) is 0 Å². The highest BCUT2D eigenvalue weighted by Crippen LogP contribution is 2.54. The molecule has 6 unspecified atom stereocenters. The standard InChI is InChI=1S/C20H32O8/c1-11(21)19(5,24)16(23)27-15-7-8-18(4)10-13(22)12(17(2,3)28-26)9-14(18)20(15,6)25/h9,11,14-15,21,24-26H,7-8,10H2,1-6H3. The lowest BCUT2D eigenvalue weighted by atomic mass is 9.54. The minimum atomic E-state index is -2.10. The molecule has 8 nitrogen and oxygen atoms in total. The molecule has 28 heavy (non-hydrogen) atoms. The number of ether oxygens (including phenoxy) is 1. The van der Waals surface area contributed by atoms with E-state index >= 15 is 0 Å². The number of fused-ring (bicyclic) bond motifs is 1. The number of carbonyl (C=O) groups excluding carboxylic acids is 2. The average Bonchev–Trinajstić information content (AvgIpc) is 2.56. The van der Waals surface area contributed by atoms with E-state index in [2.05, 4.69) is 4.89 Å². The van der Waals surface area contributed by atoms with Gasteiger partial charge in [0, 0.05) is 17.9 Å². The van der Waals surface area contributed by atoms with E-state index < -0.39 is 46.3 Å². The van der Waals surface area contributed by atoms with Crippen LogP contribution < -0.4 is 0 Å². The van der Waals surface area contributed by atoms with Crippen LogP contribution in [-0.4, -0.2) is 61.3 Å². The summed E-state index contributed by atoms with van der Waals surface area (Å²) in [6, 6.07) is 0. The molecule has 0 amide bonds. The monoisotopic (exact) mass is 400 g/mol. The molecule has 8 heteroatoms. The highest BCUT2D eigenvalue weighted by atomic mass is 17.1. The van der Waals surface area contributed by atoms with Gasteiger partial charge in [-0.3, -0.25) is 10.1 Å². The normalized spacial score (nSPS) is 36.8. The molecule has 1 fully saturated rings. The van der Waals surface area contributed by atoms with E-state index in [1.54, 1.807) is 19.9 Å². The van der Waals surface area contributed by atoms with Gasteiger partial charge < -0.3 is 20.1 Å². The minimum Gasteiger partial charge on any atom is -0.457 e. The van der Waals surface area contributed by atoms with Crippen molar-refractivity contribution < 1.29 is 39.8 Å². The van der Waals surface area contributed by atoms with Gasteiger partial charge in [-0.1, -0.05) is 13.0 Å². The van der Waals surface area contributed by atoms with Gasteiger partial charge in [0.25, 0.3) is 0 Å². The Morgan fingerprint density at radius 3 is 2.39 bits per heavy atom. The maximum atomic E-state index is 12.6. The second kappa shape index (κ2) is 7.18. The van der Waals surface area contributed by atoms with E-state index in [4.69, 9.17) is 4.74 Å². The number of hydrogen-bond donors (Lipinski definition) is 4. The van der Waals surface area contributed by atoms with Crippen molar-refractivity contribution in [2.75, 3.05) is 0 Å². The fraction of sp³-hybridized carbons (Fsp3) is 0.800. The van der Waals surface area contributed by atoms with Crippen molar-refractivity contribution in [3.8, 4) is 0 Å². The number of carbonyl (C=O) groups is 2. The number of hydrogen-bond acceptors (Lipinski definition) is 8. The third kappa shape index (κ3) is 3.76. The summed E-state index contributed by atoms with van der Waals surface area (Å²) in [5.74, 6) is -1.74. The molecule has 2 rings (SSSR count). The molecule has 0 bridgehead atoms. The number of esters is 1. The van der Waals surface area contributed by atoms with Gasteiger partial charge in [-0.15, -0.1) is 0 Å². The predicted molar refractivity (Wildman–Crippen MR) is 99.1 cm³/mol. The highest BCUT2D eigenvalue weighted by molar-refractivity contribution is 5.98. The third-order valence-electron chi connectivity index (χ3n) is 6.56. The fourth-order valence-corrected chi connectivity index (χ4v) is 4.29.